The predicted octanol–water partition coefficient (Wildman–Crippen LogP) is 3.22. The molecule has 0 unspecified atom stereocenters. The number of hydrogen-bond donors (Lipinski definition) is 2. The average molecular weight is 417 g/mol. The van der Waals surface area contributed by atoms with Crippen LogP contribution in [0, 0.1) is 0 Å². The van der Waals surface area contributed by atoms with Crippen LogP contribution in [-0.4, -0.2) is 43.9 Å². The zero-order valence-electron chi connectivity index (χ0n) is 17.2. The SMILES string of the molecule is C[C@H](C(=O)Nc1nc2ccccc2n1-c1ccccc1)N1C(=O)NC2(CCCC2)C1=O. The molecule has 0 radical (unpaired) electrons. The van der Waals surface area contributed by atoms with Gasteiger partial charge >= 0.3 is 6.03 Å². The second-order valence-corrected chi connectivity index (χ2v) is 8.15. The topological polar surface area (TPSA) is 96.3 Å². The van der Waals surface area contributed by atoms with Crippen LogP contribution in [0.15, 0.2) is 54.6 Å². The summed E-state index contributed by atoms with van der Waals surface area (Å²) in [5, 5.41) is 5.66. The summed E-state index contributed by atoms with van der Waals surface area (Å²) in [6, 6.07) is 15.7. The number of imide groups is 1. The fraction of sp³-hybridized carbons (Fsp3) is 0.304. The van der Waals surface area contributed by atoms with Crippen molar-refractivity contribution >= 4 is 34.8 Å². The van der Waals surface area contributed by atoms with Gasteiger partial charge in [-0.2, -0.15) is 0 Å². The van der Waals surface area contributed by atoms with Gasteiger partial charge in [0.2, 0.25) is 11.9 Å². The van der Waals surface area contributed by atoms with Gasteiger partial charge in [0.25, 0.3) is 5.91 Å². The molecule has 2 aliphatic rings. The maximum absolute atomic E-state index is 13.1. The third-order valence-corrected chi connectivity index (χ3v) is 6.23. The van der Waals surface area contributed by atoms with Gasteiger partial charge in [-0.3, -0.25) is 19.5 Å². The minimum Gasteiger partial charge on any atom is -0.323 e. The van der Waals surface area contributed by atoms with E-state index in [1.165, 1.54) is 0 Å². The smallest absolute Gasteiger partial charge is 0.323 e. The van der Waals surface area contributed by atoms with E-state index in [4.69, 9.17) is 0 Å². The molecule has 31 heavy (non-hydrogen) atoms. The number of imidazole rings is 1. The lowest BCUT2D eigenvalue weighted by Crippen LogP contribution is -2.48. The Kier molecular flexibility index (Phi) is 4.50. The van der Waals surface area contributed by atoms with Crippen molar-refractivity contribution in [2.24, 2.45) is 0 Å². The highest BCUT2D eigenvalue weighted by Crippen LogP contribution is 2.36. The Morgan fingerprint density at radius 1 is 1.06 bits per heavy atom. The molecule has 1 aliphatic carbocycles. The van der Waals surface area contributed by atoms with Crippen molar-refractivity contribution in [1.29, 1.82) is 0 Å². The average Bonchev–Trinajstić information content (AvgIpc) is 3.45. The van der Waals surface area contributed by atoms with Crippen LogP contribution in [0.2, 0.25) is 0 Å². The van der Waals surface area contributed by atoms with E-state index >= 15 is 0 Å². The summed E-state index contributed by atoms with van der Waals surface area (Å²) in [6.07, 6.45) is 3.02. The molecule has 2 N–H and O–H groups in total. The van der Waals surface area contributed by atoms with E-state index in [2.05, 4.69) is 15.6 Å². The molecule has 1 saturated heterocycles. The van der Waals surface area contributed by atoms with Crippen molar-refractivity contribution in [3.63, 3.8) is 0 Å². The Morgan fingerprint density at radius 2 is 1.74 bits per heavy atom. The molecule has 4 amide bonds. The fourth-order valence-electron chi connectivity index (χ4n) is 4.59. The van der Waals surface area contributed by atoms with E-state index in [1.807, 2.05) is 59.2 Å². The minimum atomic E-state index is -0.962. The van der Waals surface area contributed by atoms with Gasteiger partial charge in [-0.15, -0.1) is 0 Å². The molecule has 0 bridgehead atoms. The van der Waals surface area contributed by atoms with Crippen molar-refractivity contribution in [1.82, 2.24) is 19.8 Å². The number of nitrogens with one attached hydrogen (secondary N) is 2. The first kappa shape index (κ1) is 19.3. The Hall–Kier alpha value is -3.68. The highest BCUT2D eigenvalue weighted by Gasteiger charge is 2.54. The molecule has 8 heteroatoms. The van der Waals surface area contributed by atoms with Gasteiger partial charge in [-0.1, -0.05) is 43.2 Å². The number of rotatable bonds is 4. The van der Waals surface area contributed by atoms with Gasteiger partial charge < -0.3 is 5.32 Å². The molecular formula is C23H23N5O3. The summed E-state index contributed by atoms with van der Waals surface area (Å²) in [7, 11) is 0. The third-order valence-electron chi connectivity index (χ3n) is 6.23. The van der Waals surface area contributed by atoms with Crippen LogP contribution in [0.25, 0.3) is 16.7 Å². The molecule has 1 aromatic heterocycles. The molecule has 2 fully saturated rings. The summed E-state index contributed by atoms with van der Waals surface area (Å²) in [5.74, 6) is -0.438. The van der Waals surface area contributed by atoms with Crippen molar-refractivity contribution < 1.29 is 14.4 Å². The van der Waals surface area contributed by atoms with E-state index in [0.29, 0.717) is 18.8 Å². The summed E-state index contributed by atoms with van der Waals surface area (Å²) in [5.41, 5.74) is 1.58. The number of fused-ring (bicyclic) bond motifs is 1. The van der Waals surface area contributed by atoms with Crippen LogP contribution in [0.3, 0.4) is 0 Å². The quantitative estimate of drug-likeness (QED) is 0.637. The number of para-hydroxylation sites is 3. The Morgan fingerprint density at radius 3 is 2.48 bits per heavy atom. The zero-order chi connectivity index (χ0) is 21.6. The largest absolute Gasteiger partial charge is 0.325 e. The van der Waals surface area contributed by atoms with E-state index < -0.39 is 23.5 Å². The van der Waals surface area contributed by atoms with Crippen molar-refractivity contribution in [2.75, 3.05) is 5.32 Å². The molecular weight excluding hydrogens is 394 g/mol. The Balaban J connectivity index is 1.46. The number of carbonyl (C=O) groups excluding carboxylic acids is 3. The van der Waals surface area contributed by atoms with E-state index in [0.717, 1.165) is 34.5 Å². The number of carbonyl (C=O) groups is 3. The zero-order valence-corrected chi connectivity index (χ0v) is 17.2. The lowest BCUT2D eigenvalue weighted by molar-refractivity contribution is -0.136. The first-order valence-electron chi connectivity index (χ1n) is 10.5. The molecule has 1 atom stereocenters. The third kappa shape index (κ3) is 3.06. The van der Waals surface area contributed by atoms with Gasteiger partial charge in [0.15, 0.2) is 0 Å². The maximum Gasteiger partial charge on any atom is 0.325 e. The highest BCUT2D eigenvalue weighted by molar-refractivity contribution is 6.11. The fourth-order valence-corrected chi connectivity index (χ4v) is 4.59. The molecule has 3 aromatic rings. The second-order valence-electron chi connectivity index (χ2n) is 8.15. The van der Waals surface area contributed by atoms with Gasteiger partial charge in [0.05, 0.1) is 11.0 Å². The predicted molar refractivity (Wildman–Crippen MR) is 116 cm³/mol. The Bertz CT molecular complexity index is 1180. The van der Waals surface area contributed by atoms with E-state index in [-0.39, 0.29) is 5.91 Å². The van der Waals surface area contributed by atoms with E-state index in [9.17, 15) is 14.4 Å². The summed E-state index contributed by atoms with van der Waals surface area (Å²) in [4.78, 5) is 44.3. The molecule has 8 nitrogen and oxygen atoms in total. The number of urea groups is 1. The van der Waals surface area contributed by atoms with Crippen LogP contribution in [0.5, 0.6) is 0 Å². The summed E-state index contributed by atoms with van der Waals surface area (Å²) >= 11 is 0. The number of hydrogen-bond acceptors (Lipinski definition) is 4. The van der Waals surface area contributed by atoms with Crippen molar-refractivity contribution in [3.8, 4) is 5.69 Å². The van der Waals surface area contributed by atoms with Crippen molar-refractivity contribution in [3.05, 3.63) is 54.6 Å². The standard InChI is InChI=1S/C23H23N5O3/c1-15(27-20(30)23(26-22(27)31)13-7-8-14-23)19(29)25-21-24-17-11-5-6-12-18(17)28(21)16-9-3-2-4-10-16/h2-6,9-12,15H,7-8,13-14H2,1H3,(H,26,31)(H,24,25,29)/t15-/m1/s1. The van der Waals surface area contributed by atoms with Crippen LogP contribution in [0.1, 0.15) is 32.6 Å². The van der Waals surface area contributed by atoms with E-state index in [1.54, 1.807) is 6.92 Å². The van der Waals surface area contributed by atoms with Crippen LogP contribution < -0.4 is 10.6 Å². The normalized spacial score (nSPS) is 18.5. The van der Waals surface area contributed by atoms with Crippen molar-refractivity contribution in [2.45, 2.75) is 44.2 Å². The number of benzene rings is 2. The number of anilines is 1. The Labute approximate surface area is 179 Å². The lowest BCUT2D eigenvalue weighted by Gasteiger charge is -2.23. The molecule has 2 aromatic carbocycles. The lowest BCUT2D eigenvalue weighted by atomic mass is 9.97. The van der Waals surface area contributed by atoms with Gasteiger partial charge in [-0.25, -0.2) is 14.7 Å². The molecule has 158 valence electrons. The second kappa shape index (κ2) is 7.23. The first-order valence-corrected chi connectivity index (χ1v) is 10.5. The first-order chi connectivity index (χ1) is 15.0. The maximum atomic E-state index is 13.1. The molecule has 5 rings (SSSR count). The van der Waals surface area contributed by atoms with Gasteiger partial charge in [0, 0.05) is 5.69 Å². The van der Waals surface area contributed by atoms with Crippen LogP contribution >= 0.6 is 0 Å². The number of aromatic nitrogens is 2. The van der Waals surface area contributed by atoms with Gasteiger partial charge in [-0.05, 0) is 44.0 Å². The minimum absolute atomic E-state index is 0.311. The summed E-state index contributed by atoms with van der Waals surface area (Å²) < 4.78 is 1.85. The highest BCUT2D eigenvalue weighted by atomic mass is 16.2. The van der Waals surface area contributed by atoms with Crippen LogP contribution in [0.4, 0.5) is 10.7 Å². The van der Waals surface area contributed by atoms with Gasteiger partial charge in [0.1, 0.15) is 11.6 Å². The number of nitrogens with zero attached hydrogens (tertiary/aromatic N) is 3. The molecule has 1 saturated carbocycles. The molecule has 2 heterocycles. The monoisotopic (exact) mass is 417 g/mol. The number of amides is 4. The molecule has 1 spiro atoms. The molecule has 1 aliphatic heterocycles. The van der Waals surface area contributed by atoms with Crippen LogP contribution in [-0.2, 0) is 9.59 Å². The summed E-state index contributed by atoms with van der Waals surface area (Å²) in [6.45, 7) is 1.57.